The summed E-state index contributed by atoms with van der Waals surface area (Å²) in [6.45, 7) is 3.41. The zero-order valence-electron chi connectivity index (χ0n) is 11.7. The molecule has 1 aromatic carbocycles. The van der Waals surface area contributed by atoms with Crippen LogP contribution in [0.3, 0.4) is 0 Å². The van der Waals surface area contributed by atoms with Crippen LogP contribution in [0.25, 0.3) is 0 Å². The van der Waals surface area contributed by atoms with Gasteiger partial charge in [0.25, 0.3) is 0 Å². The molecule has 0 aromatic heterocycles. The summed E-state index contributed by atoms with van der Waals surface area (Å²) < 4.78 is 0. The third kappa shape index (κ3) is 3.71. The van der Waals surface area contributed by atoms with Crippen molar-refractivity contribution in [3.05, 3.63) is 29.3 Å². The van der Waals surface area contributed by atoms with E-state index in [1.54, 1.807) is 6.07 Å². The van der Waals surface area contributed by atoms with Crippen molar-refractivity contribution in [1.29, 1.82) is 0 Å². The molecule has 0 bridgehead atoms. The molecule has 106 valence electrons. The van der Waals surface area contributed by atoms with Crippen LogP contribution < -0.4 is 5.32 Å². The summed E-state index contributed by atoms with van der Waals surface area (Å²) in [4.78, 5) is 0. The predicted octanol–water partition coefficient (Wildman–Crippen LogP) is 2.77. The molecular formula is C16H25NO2. The van der Waals surface area contributed by atoms with Gasteiger partial charge in [0.05, 0.1) is 0 Å². The van der Waals surface area contributed by atoms with Crippen molar-refractivity contribution < 1.29 is 10.2 Å². The molecule has 3 heteroatoms. The molecule has 0 heterocycles. The molecule has 0 radical (unpaired) electrons. The van der Waals surface area contributed by atoms with Crippen LogP contribution in [0, 0.1) is 5.92 Å². The summed E-state index contributed by atoms with van der Waals surface area (Å²) in [5.41, 5.74) is 2.61. The summed E-state index contributed by atoms with van der Waals surface area (Å²) >= 11 is 0. The SMILES string of the molecule is CCC(CCO)CNC1CCCc2cc(O)ccc21. The Kier molecular flexibility index (Phi) is 5.23. The number of phenolic OH excluding ortho intramolecular Hbond substituents is 1. The van der Waals surface area contributed by atoms with E-state index in [2.05, 4.69) is 18.3 Å². The molecule has 3 nitrogen and oxygen atoms in total. The van der Waals surface area contributed by atoms with E-state index in [1.807, 2.05) is 6.07 Å². The number of aryl methyl sites for hydroxylation is 1. The first kappa shape index (κ1) is 14.4. The van der Waals surface area contributed by atoms with Gasteiger partial charge < -0.3 is 15.5 Å². The van der Waals surface area contributed by atoms with Crippen molar-refractivity contribution in [3.63, 3.8) is 0 Å². The van der Waals surface area contributed by atoms with Gasteiger partial charge in [-0.3, -0.25) is 0 Å². The van der Waals surface area contributed by atoms with Gasteiger partial charge in [0.1, 0.15) is 5.75 Å². The van der Waals surface area contributed by atoms with Crippen molar-refractivity contribution in [2.24, 2.45) is 5.92 Å². The van der Waals surface area contributed by atoms with Gasteiger partial charge in [-0.15, -0.1) is 0 Å². The Morgan fingerprint density at radius 3 is 3.00 bits per heavy atom. The molecule has 2 unspecified atom stereocenters. The van der Waals surface area contributed by atoms with E-state index in [0.29, 0.717) is 17.7 Å². The second-order valence-electron chi connectivity index (χ2n) is 5.52. The van der Waals surface area contributed by atoms with E-state index < -0.39 is 0 Å². The number of aliphatic hydroxyl groups is 1. The summed E-state index contributed by atoms with van der Waals surface area (Å²) in [6.07, 6.45) is 5.37. The minimum Gasteiger partial charge on any atom is -0.508 e. The van der Waals surface area contributed by atoms with Gasteiger partial charge in [0.15, 0.2) is 0 Å². The van der Waals surface area contributed by atoms with E-state index in [1.165, 1.54) is 17.5 Å². The molecule has 1 aromatic rings. The Morgan fingerprint density at radius 2 is 2.26 bits per heavy atom. The molecule has 1 aliphatic rings. The average molecular weight is 263 g/mol. The van der Waals surface area contributed by atoms with Gasteiger partial charge >= 0.3 is 0 Å². The number of phenols is 1. The average Bonchev–Trinajstić information content (AvgIpc) is 2.43. The van der Waals surface area contributed by atoms with E-state index in [9.17, 15) is 5.11 Å². The number of fused-ring (bicyclic) bond motifs is 1. The lowest BCUT2D eigenvalue weighted by molar-refractivity contribution is 0.247. The third-order valence-electron chi connectivity index (χ3n) is 4.21. The topological polar surface area (TPSA) is 52.5 Å². The fourth-order valence-electron chi connectivity index (χ4n) is 2.95. The maximum absolute atomic E-state index is 9.55. The van der Waals surface area contributed by atoms with Crippen LogP contribution in [0.2, 0.25) is 0 Å². The molecule has 0 saturated carbocycles. The van der Waals surface area contributed by atoms with Gasteiger partial charge in [0.2, 0.25) is 0 Å². The van der Waals surface area contributed by atoms with Crippen molar-refractivity contribution in [2.45, 2.75) is 45.1 Å². The number of nitrogens with one attached hydrogen (secondary N) is 1. The highest BCUT2D eigenvalue weighted by atomic mass is 16.3. The first-order valence-corrected chi connectivity index (χ1v) is 7.40. The molecule has 0 fully saturated rings. The third-order valence-corrected chi connectivity index (χ3v) is 4.21. The van der Waals surface area contributed by atoms with Crippen LogP contribution in [-0.2, 0) is 6.42 Å². The van der Waals surface area contributed by atoms with Gasteiger partial charge in [-0.25, -0.2) is 0 Å². The lowest BCUT2D eigenvalue weighted by Crippen LogP contribution is -2.30. The van der Waals surface area contributed by atoms with Crippen molar-refractivity contribution in [2.75, 3.05) is 13.2 Å². The Balaban J connectivity index is 1.99. The summed E-state index contributed by atoms with van der Waals surface area (Å²) in [7, 11) is 0. The van der Waals surface area contributed by atoms with Gasteiger partial charge in [-0.2, -0.15) is 0 Å². The Bertz CT molecular complexity index is 406. The Morgan fingerprint density at radius 1 is 1.42 bits per heavy atom. The minimum atomic E-state index is 0.273. The molecule has 0 amide bonds. The lowest BCUT2D eigenvalue weighted by Gasteiger charge is -2.28. The zero-order chi connectivity index (χ0) is 13.7. The number of benzene rings is 1. The Hall–Kier alpha value is -1.06. The second kappa shape index (κ2) is 6.92. The molecule has 19 heavy (non-hydrogen) atoms. The molecule has 0 saturated heterocycles. The second-order valence-corrected chi connectivity index (χ2v) is 5.52. The normalized spacial score (nSPS) is 20.0. The molecule has 2 rings (SSSR count). The molecule has 2 atom stereocenters. The summed E-state index contributed by atoms with van der Waals surface area (Å²) in [5.74, 6) is 0.915. The van der Waals surface area contributed by atoms with Crippen molar-refractivity contribution in [3.8, 4) is 5.75 Å². The van der Waals surface area contributed by atoms with Crippen LogP contribution in [0.4, 0.5) is 0 Å². The molecule has 3 N–H and O–H groups in total. The van der Waals surface area contributed by atoms with E-state index in [0.717, 1.165) is 32.2 Å². The fraction of sp³-hybridized carbons (Fsp3) is 0.625. The summed E-state index contributed by atoms with van der Waals surface area (Å²) in [5, 5.41) is 22.2. The van der Waals surface area contributed by atoms with Gasteiger partial charge in [-0.05, 0) is 61.4 Å². The van der Waals surface area contributed by atoms with Crippen LogP contribution in [-0.4, -0.2) is 23.4 Å². The first-order valence-electron chi connectivity index (χ1n) is 7.40. The highest BCUT2D eigenvalue weighted by Crippen LogP contribution is 2.32. The molecule has 0 spiro atoms. The number of rotatable bonds is 6. The highest BCUT2D eigenvalue weighted by Gasteiger charge is 2.20. The smallest absolute Gasteiger partial charge is 0.115 e. The van der Waals surface area contributed by atoms with Crippen LogP contribution in [0.5, 0.6) is 5.75 Å². The van der Waals surface area contributed by atoms with Crippen molar-refractivity contribution >= 4 is 0 Å². The molecule has 0 aliphatic heterocycles. The minimum absolute atomic E-state index is 0.273. The monoisotopic (exact) mass is 263 g/mol. The standard InChI is InChI=1S/C16H25NO2/c1-2-12(8-9-18)11-17-16-5-3-4-13-10-14(19)6-7-15(13)16/h6-7,10,12,16-19H,2-5,8-9,11H2,1H3. The van der Waals surface area contributed by atoms with Gasteiger partial charge in [0, 0.05) is 12.6 Å². The fourth-order valence-corrected chi connectivity index (χ4v) is 2.95. The highest BCUT2D eigenvalue weighted by molar-refractivity contribution is 5.38. The lowest BCUT2D eigenvalue weighted by atomic mass is 9.87. The quantitative estimate of drug-likeness (QED) is 0.739. The number of hydrogen-bond donors (Lipinski definition) is 3. The maximum atomic E-state index is 9.55. The zero-order valence-corrected chi connectivity index (χ0v) is 11.7. The Labute approximate surface area is 115 Å². The summed E-state index contributed by atoms with van der Waals surface area (Å²) in [6, 6.07) is 6.13. The number of aliphatic hydroxyl groups excluding tert-OH is 1. The molecular weight excluding hydrogens is 238 g/mol. The predicted molar refractivity (Wildman–Crippen MR) is 77.3 cm³/mol. The van der Waals surface area contributed by atoms with E-state index >= 15 is 0 Å². The van der Waals surface area contributed by atoms with E-state index in [-0.39, 0.29) is 6.61 Å². The first-order chi connectivity index (χ1) is 9.24. The van der Waals surface area contributed by atoms with Crippen LogP contribution in [0.1, 0.15) is 49.8 Å². The van der Waals surface area contributed by atoms with E-state index in [4.69, 9.17) is 5.11 Å². The number of aromatic hydroxyl groups is 1. The maximum Gasteiger partial charge on any atom is 0.115 e. The van der Waals surface area contributed by atoms with Gasteiger partial charge in [-0.1, -0.05) is 19.4 Å². The molecule has 1 aliphatic carbocycles. The largest absolute Gasteiger partial charge is 0.508 e. The van der Waals surface area contributed by atoms with Crippen LogP contribution in [0.15, 0.2) is 18.2 Å². The van der Waals surface area contributed by atoms with Crippen molar-refractivity contribution in [1.82, 2.24) is 5.32 Å². The number of hydrogen-bond acceptors (Lipinski definition) is 3. The van der Waals surface area contributed by atoms with Crippen LogP contribution >= 0.6 is 0 Å².